The fraction of sp³-hybridized carbons (Fsp3) is 0.368. The van der Waals surface area contributed by atoms with Crippen LogP contribution in [0.15, 0.2) is 48.5 Å². The molecule has 7 heteroatoms. The van der Waals surface area contributed by atoms with Crippen LogP contribution in [-0.2, 0) is 23.0 Å². The number of benzene rings is 2. The zero-order valence-electron chi connectivity index (χ0n) is 14.9. The van der Waals surface area contributed by atoms with Gasteiger partial charge < -0.3 is 10.1 Å². The lowest BCUT2D eigenvalue weighted by molar-refractivity contribution is 0.227. The van der Waals surface area contributed by atoms with E-state index in [1.807, 2.05) is 49.4 Å². The second-order valence-corrected chi connectivity index (χ2v) is 8.32. The van der Waals surface area contributed by atoms with Crippen molar-refractivity contribution in [3.05, 3.63) is 65.2 Å². The predicted molar refractivity (Wildman–Crippen MR) is 106 cm³/mol. The summed E-state index contributed by atoms with van der Waals surface area (Å²) in [6.45, 7) is 3.39. The van der Waals surface area contributed by atoms with Gasteiger partial charge in [0.2, 0.25) is 10.0 Å². The number of para-hydroxylation sites is 1. The Morgan fingerprint density at radius 2 is 1.85 bits per heavy atom. The molecule has 2 aromatic carbocycles. The first-order chi connectivity index (χ1) is 11.9. The smallest absolute Gasteiger partial charge is 0.209 e. The molecule has 2 aromatic rings. The first-order valence-corrected chi connectivity index (χ1v) is 10.3. The molecule has 0 saturated carbocycles. The zero-order valence-corrected chi connectivity index (χ0v) is 16.6. The van der Waals surface area contributed by atoms with Crippen molar-refractivity contribution >= 4 is 22.4 Å². The van der Waals surface area contributed by atoms with E-state index >= 15 is 0 Å². The van der Waals surface area contributed by atoms with Gasteiger partial charge in [-0.15, -0.1) is 12.4 Å². The molecular weight excluding hydrogens is 372 g/mol. The fourth-order valence-electron chi connectivity index (χ4n) is 3.06. The summed E-state index contributed by atoms with van der Waals surface area (Å²) in [6, 6.07) is 15.9. The molecule has 0 fully saturated rings. The van der Waals surface area contributed by atoms with E-state index in [4.69, 9.17) is 4.74 Å². The molecule has 142 valence electrons. The van der Waals surface area contributed by atoms with Crippen LogP contribution in [0.4, 0.5) is 0 Å². The molecule has 0 radical (unpaired) electrons. The van der Waals surface area contributed by atoms with Crippen molar-refractivity contribution in [2.45, 2.75) is 32.0 Å². The van der Waals surface area contributed by atoms with Crippen LogP contribution < -0.4 is 14.8 Å². The van der Waals surface area contributed by atoms with Crippen molar-refractivity contribution in [2.75, 3.05) is 12.8 Å². The molecule has 2 N–H and O–H groups in total. The van der Waals surface area contributed by atoms with E-state index in [2.05, 4.69) is 16.1 Å². The predicted octanol–water partition coefficient (Wildman–Crippen LogP) is 2.81. The zero-order chi connectivity index (χ0) is 17.9. The van der Waals surface area contributed by atoms with Gasteiger partial charge in [0.1, 0.15) is 11.9 Å². The summed E-state index contributed by atoms with van der Waals surface area (Å²) in [5.41, 5.74) is 3.38. The maximum Gasteiger partial charge on any atom is 0.209 e. The number of halogens is 1. The highest BCUT2D eigenvalue weighted by molar-refractivity contribution is 7.88. The average molecular weight is 397 g/mol. The van der Waals surface area contributed by atoms with Gasteiger partial charge in [-0.05, 0) is 29.7 Å². The monoisotopic (exact) mass is 396 g/mol. The molecule has 0 saturated heterocycles. The lowest BCUT2D eigenvalue weighted by Crippen LogP contribution is -2.29. The second-order valence-electron chi connectivity index (χ2n) is 6.54. The molecule has 3 rings (SSSR count). The molecule has 1 aliphatic heterocycles. The molecule has 1 heterocycles. The Balaban J connectivity index is 0.00000243. The van der Waals surface area contributed by atoms with E-state index in [1.165, 1.54) is 11.8 Å². The number of rotatable bonds is 7. The summed E-state index contributed by atoms with van der Waals surface area (Å²) in [7, 11) is -3.20. The minimum Gasteiger partial charge on any atom is -0.488 e. The van der Waals surface area contributed by atoms with Crippen LogP contribution in [0.1, 0.15) is 29.7 Å². The lowest BCUT2D eigenvalue weighted by Gasteiger charge is -2.14. The maximum absolute atomic E-state index is 11.3. The van der Waals surface area contributed by atoms with Crippen molar-refractivity contribution in [3.63, 3.8) is 0 Å². The Hall–Kier alpha value is -1.60. The third-order valence-corrected chi connectivity index (χ3v) is 5.07. The largest absolute Gasteiger partial charge is 0.488 e. The number of fused-ring (bicyclic) bond motifs is 1. The van der Waals surface area contributed by atoms with Crippen molar-refractivity contribution in [1.29, 1.82) is 0 Å². The molecule has 1 unspecified atom stereocenters. The standard InChI is InChI=1S/C19H24N2O3S.ClH/c1-14(21-25(2,22)23)16-9-7-15(8-10-16)12-20-13-18-11-17-5-3-4-6-19(17)24-18;/h3-10,14,18,20-21H,11-13H2,1-2H3;1H/t14-,18?;/m1./s1. The molecule has 26 heavy (non-hydrogen) atoms. The molecule has 0 aliphatic carbocycles. The molecule has 0 spiro atoms. The molecule has 1 aliphatic rings. The number of ether oxygens (including phenoxy) is 1. The van der Waals surface area contributed by atoms with Gasteiger partial charge in [0.25, 0.3) is 0 Å². The highest BCUT2D eigenvalue weighted by atomic mass is 35.5. The van der Waals surface area contributed by atoms with Crippen LogP contribution >= 0.6 is 12.4 Å². The van der Waals surface area contributed by atoms with Crippen LogP contribution in [0, 0.1) is 0 Å². The minimum absolute atomic E-state index is 0. The SMILES string of the molecule is C[C@@H](NS(C)(=O)=O)c1ccc(CNCC2Cc3ccccc3O2)cc1.Cl. The van der Waals surface area contributed by atoms with Gasteiger partial charge in [-0.25, -0.2) is 13.1 Å². The van der Waals surface area contributed by atoms with Crippen LogP contribution in [0.2, 0.25) is 0 Å². The van der Waals surface area contributed by atoms with E-state index in [-0.39, 0.29) is 24.6 Å². The Kier molecular flexibility index (Phi) is 7.06. The summed E-state index contributed by atoms with van der Waals surface area (Å²) < 4.78 is 31.1. The summed E-state index contributed by atoms with van der Waals surface area (Å²) in [6.07, 6.45) is 2.29. The minimum atomic E-state index is -3.20. The average Bonchev–Trinajstić information content (AvgIpc) is 2.96. The Morgan fingerprint density at radius 1 is 1.15 bits per heavy atom. The normalized spacial score (nSPS) is 17.1. The molecule has 0 bridgehead atoms. The van der Waals surface area contributed by atoms with Crippen LogP contribution in [0.25, 0.3) is 0 Å². The summed E-state index contributed by atoms with van der Waals surface area (Å²) in [4.78, 5) is 0. The third-order valence-electron chi connectivity index (χ3n) is 4.29. The highest BCUT2D eigenvalue weighted by Crippen LogP contribution is 2.27. The summed E-state index contributed by atoms with van der Waals surface area (Å²) in [5, 5.41) is 3.43. The number of nitrogens with one attached hydrogen (secondary N) is 2. The Bertz CT molecular complexity index is 800. The fourth-order valence-corrected chi connectivity index (χ4v) is 3.84. The third kappa shape index (κ3) is 5.71. The van der Waals surface area contributed by atoms with Crippen LogP contribution in [0.5, 0.6) is 5.75 Å². The van der Waals surface area contributed by atoms with E-state index in [0.717, 1.165) is 36.4 Å². The van der Waals surface area contributed by atoms with Gasteiger partial charge in [0, 0.05) is 25.6 Å². The molecule has 0 aromatic heterocycles. The van der Waals surface area contributed by atoms with Crippen molar-refractivity contribution in [1.82, 2.24) is 10.0 Å². The van der Waals surface area contributed by atoms with E-state index < -0.39 is 10.0 Å². The quantitative estimate of drug-likeness (QED) is 0.755. The Labute approximate surface area is 161 Å². The summed E-state index contributed by atoms with van der Waals surface area (Å²) in [5.74, 6) is 0.992. The van der Waals surface area contributed by atoms with E-state index in [1.54, 1.807) is 0 Å². The molecule has 5 nitrogen and oxygen atoms in total. The van der Waals surface area contributed by atoms with Gasteiger partial charge in [-0.2, -0.15) is 0 Å². The van der Waals surface area contributed by atoms with Gasteiger partial charge in [-0.3, -0.25) is 0 Å². The van der Waals surface area contributed by atoms with Crippen LogP contribution in [0.3, 0.4) is 0 Å². The van der Waals surface area contributed by atoms with E-state index in [0.29, 0.717) is 0 Å². The van der Waals surface area contributed by atoms with Crippen molar-refractivity contribution in [2.24, 2.45) is 0 Å². The van der Waals surface area contributed by atoms with Gasteiger partial charge >= 0.3 is 0 Å². The highest BCUT2D eigenvalue weighted by Gasteiger charge is 2.21. The second kappa shape index (κ2) is 8.86. The topological polar surface area (TPSA) is 67.4 Å². The van der Waals surface area contributed by atoms with Crippen molar-refractivity contribution < 1.29 is 13.2 Å². The van der Waals surface area contributed by atoms with Gasteiger partial charge in [0.05, 0.1) is 6.26 Å². The lowest BCUT2D eigenvalue weighted by atomic mass is 10.1. The van der Waals surface area contributed by atoms with Gasteiger partial charge in [-0.1, -0.05) is 42.5 Å². The number of sulfonamides is 1. The summed E-state index contributed by atoms with van der Waals surface area (Å²) >= 11 is 0. The molecular formula is C19H25ClN2O3S. The van der Waals surface area contributed by atoms with E-state index in [9.17, 15) is 8.42 Å². The molecule has 2 atom stereocenters. The van der Waals surface area contributed by atoms with Gasteiger partial charge in [0.15, 0.2) is 0 Å². The Morgan fingerprint density at radius 3 is 2.50 bits per heavy atom. The number of hydrogen-bond acceptors (Lipinski definition) is 4. The first kappa shape index (κ1) is 20.7. The number of hydrogen-bond donors (Lipinski definition) is 2. The molecule has 0 amide bonds. The van der Waals surface area contributed by atoms with Crippen molar-refractivity contribution in [3.8, 4) is 5.75 Å². The maximum atomic E-state index is 11.3. The first-order valence-electron chi connectivity index (χ1n) is 8.42. The van der Waals surface area contributed by atoms with Crippen LogP contribution in [-0.4, -0.2) is 27.3 Å².